The van der Waals surface area contributed by atoms with Gasteiger partial charge in [0.25, 0.3) is 0 Å². The van der Waals surface area contributed by atoms with Crippen LogP contribution in [0.15, 0.2) is 36.5 Å². The summed E-state index contributed by atoms with van der Waals surface area (Å²) in [5, 5.41) is 7.27. The summed E-state index contributed by atoms with van der Waals surface area (Å²) in [6.07, 6.45) is -0.793. The molecule has 1 unspecified atom stereocenters. The molecule has 5 rings (SSSR count). The van der Waals surface area contributed by atoms with Crippen molar-refractivity contribution in [2.45, 2.75) is 51.5 Å². The second kappa shape index (κ2) is 7.86. The first-order valence-corrected chi connectivity index (χ1v) is 10.7. The largest absolute Gasteiger partial charge is 0.419 e. The molecule has 2 amide bonds. The van der Waals surface area contributed by atoms with E-state index < -0.39 is 23.6 Å². The average molecular weight is 459 g/mol. The molecule has 0 aliphatic carbocycles. The summed E-state index contributed by atoms with van der Waals surface area (Å²) in [4.78, 5) is 19.2. The Kier molecular flexibility index (Phi) is 5.10. The SMILES string of the molecule is CC1Cc2nn3c(c2CN1C(=O)Nc1ccc(F)c(C(F)(F)F)c1)-c1ncccc1CCC3. The zero-order chi connectivity index (χ0) is 23.3. The number of halogens is 4. The number of aromatic nitrogens is 3. The molecule has 2 aliphatic heterocycles. The van der Waals surface area contributed by atoms with Gasteiger partial charge in [-0.25, -0.2) is 9.18 Å². The smallest absolute Gasteiger partial charge is 0.317 e. The van der Waals surface area contributed by atoms with Gasteiger partial charge in [0.05, 0.1) is 29.2 Å². The number of anilines is 1. The first-order chi connectivity index (χ1) is 15.7. The third-order valence-electron chi connectivity index (χ3n) is 6.20. The molecule has 0 fully saturated rings. The Morgan fingerprint density at radius 1 is 1.24 bits per heavy atom. The summed E-state index contributed by atoms with van der Waals surface area (Å²) in [7, 11) is 0. The van der Waals surface area contributed by atoms with Crippen molar-refractivity contribution in [1.29, 1.82) is 0 Å². The number of hydrogen-bond donors (Lipinski definition) is 1. The molecule has 0 spiro atoms. The van der Waals surface area contributed by atoms with Crippen molar-refractivity contribution in [2.75, 3.05) is 5.32 Å². The summed E-state index contributed by atoms with van der Waals surface area (Å²) >= 11 is 0. The first-order valence-electron chi connectivity index (χ1n) is 10.7. The fraction of sp³-hybridized carbons (Fsp3) is 0.348. The minimum Gasteiger partial charge on any atom is -0.317 e. The van der Waals surface area contributed by atoms with Gasteiger partial charge in [0.1, 0.15) is 5.82 Å². The highest BCUT2D eigenvalue weighted by Gasteiger charge is 2.36. The standard InChI is InChI=1S/C23H21F4N5O/c1-13-10-19-16(21-20-14(4-2-8-28-20)5-3-9-32(21)30-19)12-31(13)22(33)29-15-6-7-18(24)17(11-15)23(25,26)27/h2,4,6-8,11,13H,3,5,9-10,12H2,1H3,(H,29,33). The van der Waals surface area contributed by atoms with E-state index in [0.717, 1.165) is 53.7 Å². The minimum absolute atomic E-state index is 0.118. The van der Waals surface area contributed by atoms with Crippen LogP contribution in [0.3, 0.4) is 0 Å². The number of aryl methyl sites for hydroxylation is 2. The number of carbonyl (C=O) groups excluding carboxylic acids is 1. The number of carbonyl (C=O) groups is 1. The summed E-state index contributed by atoms with van der Waals surface area (Å²) in [5.41, 5.74) is 3.14. The lowest BCUT2D eigenvalue weighted by Gasteiger charge is -2.33. The molecule has 1 N–H and O–H groups in total. The number of urea groups is 1. The van der Waals surface area contributed by atoms with Crippen molar-refractivity contribution in [1.82, 2.24) is 19.7 Å². The lowest BCUT2D eigenvalue weighted by molar-refractivity contribution is -0.139. The van der Waals surface area contributed by atoms with Gasteiger partial charge >= 0.3 is 12.2 Å². The van der Waals surface area contributed by atoms with Gasteiger partial charge < -0.3 is 10.2 Å². The Balaban J connectivity index is 1.45. The summed E-state index contributed by atoms with van der Waals surface area (Å²) in [5.74, 6) is -1.38. The molecule has 0 radical (unpaired) electrons. The number of alkyl halides is 3. The van der Waals surface area contributed by atoms with Gasteiger partial charge in [-0.05, 0) is 49.6 Å². The van der Waals surface area contributed by atoms with Crippen LogP contribution in [0.5, 0.6) is 0 Å². The van der Waals surface area contributed by atoms with Gasteiger partial charge in [-0.1, -0.05) is 6.07 Å². The van der Waals surface area contributed by atoms with E-state index in [-0.39, 0.29) is 18.3 Å². The van der Waals surface area contributed by atoms with Crippen molar-refractivity contribution in [3.8, 4) is 11.4 Å². The van der Waals surface area contributed by atoms with Crippen molar-refractivity contribution in [3.05, 3.63) is 64.7 Å². The summed E-state index contributed by atoms with van der Waals surface area (Å²) in [6, 6.07) is 5.60. The normalized spacial score (nSPS) is 17.6. The van der Waals surface area contributed by atoms with E-state index in [4.69, 9.17) is 5.10 Å². The Morgan fingerprint density at radius 3 is 2.85 bits per heavy atom. The number of nitrogens with one attached hydrogen (secondary N) is 1. The van der Waals surface area contributed by atoms with E-state index in [1.165, 1.54) is 0 Å². The number of nitrogens with zero attached hydrogens (tertiary/aromatic N) is 4. The number of hydrogen-bond acceptors (Lipinski definition) is 3. The maximum Gasteiger partial charge on any atom is 0.419 e. The van der Waals surface area contributed by atoms with Crippen molar-refractivity contribution in [2.24, 2.45) is 0 Å². The van der Waals surface area contributed by atoms with Crippen LogP contribution in [0.2, 0.25) is 0 Å². The topological polar surface area (TPSA) is 63.1 Å². The molecule has 0 bridgehead atoms. The van der Waals surface area contributed by atoms with Crippen molar-refractivity contribution in [3.63, 3.8) is 0 Å². The molecule has 0 saturated carbocycles. The van der Waals surface area contributed by atoms with Crippen molar-refractivity contribution >= 4 is 11.7 Å². The third-order valence-corrected chi connectivity index (χ3v) is 6.20. The van der Waals surface area contributed by atoms with Crippen LogP contribution in [0, 0.1) is 5.82 Å². The molecule has 2 aromatic heterocycles. The minimum atomic E-state index is -4.85. The van der Waals surface area contributed by atoms with Gasteiger partial charge in [-0.15, -0.1) is 0 Å². The third kappa shape index (κ3) is 3.83. The fourth-order valence-electron chi connectivity index (χ4n) is 4.58. The monoisotopic (exact) mass is 459 g/mol. The molecular formula is C23H21F4N5O. The van der Waals surface area contributed by atoms with Crippen LogP contribution in [0.25, 0.3) is 11.4 Å². The lowest BCUT2D eigenvalue weighted by atomic mass is 9.97. The number of pyridine rings is 1. The number of amides is 2. The summed E-state index contributed by atoms with van der Waals surface area (Å²) in [6.45, 7) is 2.86. The molecule has 6 nitrogen and oxygen atoms in total. The highest BCUT2D eigenvalue weighted by molar-refractivity contribution is 5.90. The van der Waals surface area contributed by atoms with Gasteiger partial charge in [-0.3, -0.25) is 9.67 Å². The molecule has 4 heterocycles. The maximum atomic E-state index is 13.6. The molecule has 172 valence electrons. The van der Waals surface area contributed by atoms with Gasteiger partial charge in [0.15, 0.2) is 0 Å². The van der Waals surface area contributed by atoms with E-state index in [1.807, 2.05) is 23.7 Å². The lowest BCUT2D eigenvalue weighted by Crippen LogP contribution is -2.44. The molecule has 1 aromatic carbocycles. The van der Waals surface area contributed by atoms with E-state index >= 15 is 0 Å². The highest BCUT2D eigenvalue weighted by Crippen LogP contribution is 2.36. The first kappa shape index (κ1) is 21.4. The molecule has 1 atom stereocenters. The van der Waals surface area contributed by atoms with E-state index in [0.29, 0.717) is 18.6 Å². The molecule has 0 saturated heterocycles. The Hall–Kier alpha value is -3.43. The van der Waals surface area contributed by atoms with Crippen LogP contribution in [-0.2, 0) is 32.1 Å². The Morgan fingerprint density at radius 2 is 2.06 bits per heavy atom. The molecular weight excluding hydrogens is 438 g/mol. The van der Waals surface area contributed by atoms with Crippen LogP contribution >= 0.6 is 0 Å². The van der Waals surface area contributed by atoms with E-state index in [9.17, 15) is 22.4 Å². The molecule has 10 heteroatoms. The Bertz CT molecular complexity index is 1240. The predicted octanol–water partition coefficient (Wildman–Crippen LogP) is 5.03. The van der Waals surface area contributed by atoms with Gasteiger partial charge in [0.2, 0.25) is 0 Å². The molecule has 3 aromatic rings. The number of fused-ring (bicyclic) bond motifs is 5. The van der Waals surface area contributed by atoms with Crippen LogP contribution < -0.4 is 5.32 Å². The van der Waals surface area contributed by atoms with E-state index in [1.54, 1.807) is 11.1 Å². The second-order valence-electron chi connectivity index (χ2n) is 8.42. The van der Waals surface area contributed by atoms with E-state index in [2.05, 4.69) is 10.3 Å². The predicted molar refractivity (Wildman–Crippen MR) is 113 cm³/mol. The maximum absolute atomic E-state index is 13.6. The van der Waals surface area contributed by atoms with Gasteiger partial charge in [0, 0.05) is 36.5 Å². The zero-order valence-corrected chi connectivity index (χ0v) is 17.8. The van der Waals surface area contributed by atoms with Crippen LogP contribution in [0.1, 0.15) is 35.7 Å². The second-order valence-corrected chi connectivity index (χ2v) is 8.42. The zero-order valence-electron chi connectivity index (χ0n) is 17.8. The highest BCUT2D eigenvalue weighted by atomic mass is 19.4. The van der Waals surface area contributed by atoms with Crippen LogP contribution in [0.4, 0.5) is 28.0 Å². The van der Waals surface area contributed by atoms with Gasteiger partial charge in [-0.2, -0.15) is 18.3 Å². The number of benzene rings is 1. The average Bonchev–Trinajstić information content (AvgIpc) is 3.00. The Labute approximate surface area is 187 Å². The fourth-order valence-corrected chi connectivity index (χ4v) is 4.58. The number of rotatable bonds is 1. The van der Waals surface area contributed by atoms with Crippen molar-refractivity contribution < 1.29 is 22.4 Å². The summed E-state index contributed by atoms with van der Waals surface area (Å²) < 4.78 is 54.7. The van der Waals surface area contributed by atoms with Crippen LogP contribution in [-0.4, -0.2) is 31.7 Å². The molecule has 2 aliphatic rings. The molecule has 33 heavy (non-hydrogen) atoms. The quantitative estimate of drug-likeness (QED) is 0.520.